The van der Waals surface area contributed by atoms with Crippen LogP contribution in [0.1, 0.15) is 29.2 Å². The molecule has 0 fully saturated rings. The summed E-state index contributed by atoms with van der Waals surface area (Å²) in [5.41, 5.74) is 3.53. The lowest BCUT2D eigenvalue weighted by molar-refractivity contribution is 0.554. The zero-order chi connectivity index (χ0) is 14.3. The van der Waals surface area contributed by atoms with E-state index in [1.54, 1.807) is 7.05 Å². The fourth-order valence-corrected chi connectivity index (χ4v) is 3.89. The Morgan fingerprint density at radius 1 is 1.40 bits per heavy atom. The molecule has 2 aromatic rings. The highest BCUT2D eigenvalue weighted by Crippen LogP contribution is 2.32. The van der Waals surface area contributed by atoms with Crippen molar-refractivity contribution in [2.75, 3.05) is 0 Å². The van der Waals surface area contributed by atoms with Crippen LogP contribution in [-0.4, -0.2) is 18.2 Å². The standard InChI is InChI=1S/C14H17N3O2S/c1-10-3-5-13-11(7-10)4-6-14(13)16-20(18,19)12-8-15-17(2)9-12/h3,5,7-9,14,16H,4,6H2,1-2H3. The largest absolute Gasteiger partial charge is 0.274 e. The summed E-state index contributed by atoms with van der Waals surface area (Å²) < 4.78 is 28.9. The van der Waals surface area contributed by atoms with Gasteiger partial charge in [0.25, 0.3) is 0 Å². The summed E-state index contributed by atoms with van der Waals surface area (Å²) >= 11 is 0. The average Bonchev–Trinajstić information content (AvgIpc) is 2.96. The van der Waals surface area contributed by atoms with E-state index >= 15 is 0 Å². The number of nitrogens with zero attached hydrogens (tertiary/aromatic N) is 2. The predicted molar refractivity (Wildman–Crippen MR) is 75.8 cm³/mol. The van der Waals surface area contributed by atoms with Crippen LogP contribution in [0.2, 0.25) is 0 Å². The molecule has 1 N–H and O–H groups in total. The molecule has 0 amide bonds. The Labute approximate surface area is 118 Å². The second-order valence-corrected chi connectivity index (χ2v) is 6.98. The second kappa shape index (κ2) is 4.71. The first-order valence-electron chi connectivity index (χ1n) is 6.56. The summed E-state index contributed by atoms with van der Waals surface area (Å²) in [4.78, 5) is 0.209. The molecule has 0 bridgehead atoms. The van der Waals surface area contributed by atoms with Crippen molar-refractivity contribution < 1.29 is 8.42 Å². The lowest BCUT2D eigenvalue weighted by atomic mass is 10.1. The molecule has 0 saturated carbocycles. The van der Waals surface area contributed by atoms with Gasteiger partial charge in [0.2, 0.25) is 10.0 Å². The van der Waals surface area contributed by atoms with Gasteiger partial charge in [-0.1, -0.05) is 23.8 Å². The van der Waals surface area contributed by atoms with Crippen LogP contribution >= 0.6 is 0 Å². The smallest absolute Gasteiger partial charge is 0.244 e. The van der Waals surface area contributed by atoms with E-state index in [9.17, 15) is 8.42 Å². The Hall–Kier alpha value is -1.66. The van der Waals surface area contributed by atoms with Gasteiger partial charge in [0.15, 0.2) is 0 Å². The van der Waals surface area contributed by atoms with Crippen LogP contribution in [-0.2, 0) is 23.5 Å². The Kier molecular flexibility index (Phi) is 3.14. The van der Waals surface area contributed by atoms with Crippen LogP contribution in [0.3, 0.4) is 0 Å². The van der Waals surface area contributed by atoms with Gasteiger partial charge in [-0.25, -0.2) is 13.1 Å². The second-order valence-electron chi connectivity index (χ2n) is 5.26. The van der Waals surface area contributed by atoms with Gasteiger partial charge in [-0.15, -0.1) is 0 Å². The summed E-state index contributed by atoms with van der Waals surface area (Å²) in [5, 5.41) is 3.91. The van der Waals surface area contributed by atoms with Crippen molar-refractivity contribution in [1.82, 2.24) is 14.5 Å². The first-order valence-corrected chi connectivity index (χ1v) is 8.04. The normalized spacial score (nSPS) is 18.2. The number of nitrogens with one attached hydrogen (secondary N) is 1. The third-order valence-electron chi connectivity index (χ3n) is 3.67. The van der Waals surface area contributed by atoms with E-state index in [1.165, 1.54) is 28.2 Å². The van der Waals surface area contributed by atoms with Crippen molar-refractivity contribution >= 4 is 10.0 Å². The minimum absolute atomic E-state index is 0.143. The van der Waals surface area contributed by atoms with Crippen LogP contribution in [0, 0.1) is 6.92 Å². The molecule has 106 valence electrons. The molecule has 5 nitrogen and oxygen atoms in total. The van der Waals surface area contributed by atoms with E-state index in [2.05, 4.69) is 15.9 Å². The van der Waals surface area contributed by atoms with Gasteiger partial charge in [-0.2, -0.15) is 5.10 Å². The third-order valence-corrected chi connectivity index (χ3v) is 5.09. The molecule has 1 unspecified atom stereocenters. The number of aryl methyl sites for hydroxylation is 3. The van der Waals surface area contributed by atoms with E-state index in [0.29, 0.717) is 0 Å². The zero-order valence-corrected chi connectivity index (χ0v) is 12.3. The van der Waals surface area contributed by atoms with Gasteiger partial charge < -0.3 is 0 Å². The molecule has 1 aromatic carbocycles. The van der Waals surface area contributed by atoms with E-state index in [0.717, 1.165) is 18.4 Å². The first kappa shape index (κ1) is 13.3. The summed E-state index contributed by atoms with van der Waals surface area (Å²) in [6.45, 7) is 2.05. The van der Waals surface area contributed by atoms with Crippen molar-refractivity contribution in [3.05, 3.63) is 47.3 Å². The summed E-state index contributed by atoms with van der Waals surface area (Å²) in [7, 11) is -1.81. The van der Waals surface area contributed by atoms with Gasteiger partial charge in [-0.05, 0) is 30.9 Å². The summed E-state index contributed by atoms with van der Waals surface area (Å²) in [6, 6.07) is 6.04. The molecular formula is C14H17N3O2S. The Bertz CT molecular complexity index is 750. The van der Waals surface area contributed by atoms with Crippen LogP contribution < -0.4 is 4.72 Å². The fraction of sp³-hybridized carbons (Fsp3) is 0.357. The van der Waals surface area contributed by atoms with Gasteiger partial charge in [0.1, 0.15) is 4.90 Å². The Morgan fingerprint density at radius 2 is 2.20 bits per heavy atom. The number of hydrogen-bond acceptors (Lipinski definition) is 3. The SMILES string of the molecule is Cc1ccc2c(c1)CCC2NS(=O)(=O)c1cnn(C)c1. The quantitative estimate of drug-likeness (QED) is 0.936. The lowest BCUT2D eigenvalue weighted by Gasteiger charge is -2.13. The Morgan fingerprint density at radius 3 is 2.90 bits per heavy atom. The molecule has 1 aliphatic carbocycles. The fourth-order valence-electron chi connectivity index (χ4n) is 2.66. The number of sulfonamides is 1. The van der Waals surface area contributed by atoms with E-state index in [1.807, 2.05) is 19.1 Å². The molecule has 1 heterocycles. The topological polar surface area (TPSA) is 64.0 Å². The van der Waals surface area contributed by atoms with E-state index < -0.39 is 10.0 Å². The van der Waals surface area contributed by atoms with Crippen LogP contribution in [0.4, 0.5) is 0 Å². The molecular weight excluding hydrogens is 274 g/mol. The number of aromatic nitrogens is 2. The molecule has 6 heteroatoms. The highest BCUT2D eigenvalue weighted by molar-refractivity contribution is 7.89. The molecule has 1 aliphatic rings. The van der Waals surface area contributed by atoms with Crippen molar-refractivity contribution in [2.45, 2.75) is 30.7 Å². The minimum Gasteiger partial charge on any atom is -0.274 e. The predicted octanol–water partition coefficient (Wildman–Crippen LogP) is 1.69. The molecule has 3 rings (SSSR count). The summed E-state index contributed by atoms with van der Waals surface area (Å²) in [6.07, 6.45) is 4.59. The number of fused-ring (bicyclic) bond motifs is 1. The minimum atomic E-state index is -3.51. The monoisotopic (exact) mass is 291 g/mol. The highest BCUT2D eigenvalue weighted by atomic mass is 32.2. The van der Waals surface area contributed by atoms with Crippen molar-refractivity contribution in [2.24, 2.45) is 7.05 Å². The highest BCUT2D eigenvalue weighted by Gasteiger charge is 2.28. The zero-order valence-electron chi connectivity index (χ0n) is 11.5. The Balaban J connectivity index is 1.87. The van der Waals surface area contributed by atoms with Crippen LogP contribution in [0.5, 0.6) is 0 Å². The molecule has 0 aliphatic heterocycles. The van der Waals surface area contributed by atoms with Gasteiger partial charge in [0.05, 0.1) is 6.20 Å². The number of rotatable bonds is 3. The maximum atomic E-state index is 12.3. The number of hydrogen-bond donors (Lipinski definition) is 1. The maximum Gasteiger partial charge on any atom is 0.244 e. The molecule has 0 spiro atoms. The van der Waals surface area contributed by atoms with Crippen LogP contribution in [0.25, 0.3) is 0 Å². The van der Waals surface area contributed by atoms with Gasteiger partial charge >= 0.3 is 0 Å². The van der Waals surface area contributed by atoms with Crippen molar-refractivity contribution in [3.8, 4) is 0 Å². The van der Waals surface area contributed by atoms with E-state index in [4.69, 9.17) is 0 Å². The number of benzene rings is 1. The average molecular weight is 291 g/mol. The van der Waals surface area contributed by atoms with Crippen molar-refractivity contribution in [3.63, 3.8) is 0 Å². The molecule has 0 radical (unpaired) electrons. The third kappa shape index (κ3) is 2.36. The van der Waals surface area contributed by atoms with E-state index in [-0.39, 0.29) is 10.9 Å². The van der Waals surface area contributed by atoms with Crippen LogP contribution in [0.15, 0.2) is 35.5 Å². The molecule has 0 saturated heterocycles. The first-order chi connectivity index (χ1) is 9.45. The van der Waals surface area contributed by atoms with Crippen molar-refractivity contribution in [1.29, 1.82) is 0 Å². The lowest BCUT2D eigenvalue weighted by Crippen LogP contribution is -2.27. The van der Waals surface area contributed by atoms with Gasteiger partial charge in [-0.3, -0.25) is 4.68 Å². The maximum absolute atomic E-state index is 12.3. The molecule has 1 aromatic heterocycles. The molecule has 1 atom stereocenters. The molecule has 20 heavy (non-hydrogen) atoms. The van der Waals surface area contributed by atoms with Gasteiger partial charge in [0, 0.05) is 19.3 Å². The summed E-state index contributed by atoms with van der Waals surface area (Å²) in [5.74, 6) is 0.